The summed E-state index contributed by atoms with van der Waals surface area (Å²) < 4.78 is 46.7. The lowest BCUT2D eigenvalue weighted by molar-refractivity contribution is -0.117. The molecule has 160 valence electrons. The lowest BCUT2D eigenvalue weighted by Gasteiger charge is -2.34. The third-order valence-corrected chi connectivity index (χ3v) is 7.16. The van der Waals surface area contributed by atoms with Crippen LogP contribution >= 0.6 is 0 Å². The van der Waals surface area contributed by atoms with Gasteiger partial charge in [-0.25, -0.2) is 13.4 Å². The minimum atomic E-state index is -4.18. The number of nitrogens with zero attached hydrogens (tertiary/aromatic N) is 2. The van der Waals surface area contributed by atoms with Gasteiger partial charge in [0.05, 0.1) is 6.10 Å². The SMILES string of the molecule is O=C1CN(c2c(O)cc(CC3CCCN(CC4CCCO4)C3)cc2F)S(=O)(=O)N1. The van der Waals surface area contributed by atoms with E-state index in [1.165, 1.54) is 12.1 Å². The number of ether oxygens (including phenoxy) is 1. The van der Waals surface area contributed by atoms with Gasteiger partial charge in [-0.3, -0.25) is 4.79 Å². The van der Waals surface area contributed by atoms with Gasteiger partial charge >= 0.3 is 10.2 Å². The van der Waals surface area contributed by atoms with E-state index in [2.05, 4.69) is 4.90 Å². The van der Waals surface area contributed by atoms with Crippen LogP contribution in [0.25, 0.3) is 0 Å². The van der Waals surface area contributed by atoms with Crippen molar-refractivity contribution in [2.45, 2.75) is 38.2 Å². The molecule has 2 N–H and O–H groups in total. The minimum Gasteiger partial charge on any atom is -0.506 e. The summed E-state index contributed by atoms with van der Waals surface area (Å²) in [6.45, 7) is 3.13. The zero-order valence-corrected chi connectivity index (χ0v) is 17.0. The number of aromatic hydroxyl groups is 1. The molecule has 1 aromatic rings. The van der Waals surface area contributed by atoms with Crippen LogP contribution in [0.15, 0.2) is 12.1 Å². The van der Waals surface area contributed by atoms with Crippen LogP contribution in [0.4, 0.5) is 10.1 Å². The summed E-state index contributed by atoms with van der Waals surface area (Å²) in [7, 11) is -4.18. The van der Waals surface area contributed by atoms with Crippen LogP contribution in [0.2, 0.25) is 0 Å². The Morgan fingerprint density at radius 3 is 2.76 bits per heavy atom. The highest BCUT2D eigenvalue weighted by molar-refractivity contribution is 7.92. The molecule has 0 spiro atoms. The van der Waals surface area contributed by atoms with Gasteiger partial charge in [0.25, 0.3) is 5.91 Å². The van der Waals surface area contributed by atoms with Gasteiger partial charge in [-0.15, -0.1) is 0 Å². The maximum atomic E-state index is 14.7. The molecule has 1 aromatic carbocycles. The number of halogens is 1. The molecule has 2 unspecified atom stereocenters. The number of anilines is 1. The minimum absolute atomic E-state index is 0.299. The molecule has 0 aliphatic carbocycles. The van der Waals surface area contributed by atoms with Gasteiger partial charge in [0.2, 0.25) is 0 Å². The predicted molar refractivity (Wildman–Crippen MR) is 104 cm³/mol. The van der Waals surface area contributed by atoms with E-state index in [-0.39, 0.29) is 0 Å². The second-order valence-corrected chi connectivity index (χ2v) is 9.68. The Bertz CT molecular complexity index is 865. The number of likely N-dealkylation sites (tertiary alicyclic amines) is 1. The number of nitrogens with one attached hydrogen (secondary N) is 1. The van der Waals surface area contributed by atoms with Crippen LogP contribution in [0, 0.1) is 11.7 Å². The molecule has 29 heavy (non-hydrogen) atoms. The summed E-state index contributed by atoms with van der Waals surface area (Å²) in [4.78, 5) is 13.8. The van der Waals surface area contributed by atoms with Crippen molar-refractivity contribution in [2.24, 2.45) is 5.92 Å². The predicted octanol–water partition coefficient (Wildman–Crippen LogP) is 1.15. The molecule has 3 saturated heterocycles. The number of piperidine rings is 1. The average Bonchev–Trinajstić information content (AvgIpc) is 3.22. The topological polar surface area (TPSA) is 99.2 Å². The van der Waals surface area contributed by atoms with Crippen LogP contribution < -0.4 is 9.03 Å². The zero-order chi connectivity index (χ0) is 20.6. The first-order valence-corrected chi connectivity index (χ1v) is 11.4. The third kappa shape index (κ3) is 4.49. The van der Waals surface area contributed by atoms with Gasteiger partial charge in [0, 0.05) is 19.7 Å². The van der Waals surface area contributed by atoms with Crippen molar-refractivity contribution in [3.63, 3.8) is 0 Å². The smallest absolute Gasteiger partial charge is 0.326 e. The van der Waals surface area contributed by atoms with Crippen LogP contribution in [0.3, 0.4) is 0 Å². The molecule has 4 rings (SSSR count). The number of benzene rings is 1. The van der Waals surface area contributed by atoms with Crippen molar-refractivity contribution < 1.29 is 27.4 Å². The van der Waals surface area contributed by atoms with E-state index in [9.17, 15) is 22.7 Å². The number of rotatable bonds is 5. The fourth-order valence-electron chi connectivity index (χ4n) is 4.54. The Morgan fingerprint density at radius 2 is 2.10 bits per heavy atom. The fraction of sp³-hybridized carbons (Fsp3) is 0.632. The van der Waals surface area contributed by atoms with Crippen molar-refractivity contribution in [3.8, 4) is 5.75 Å². The Morgan fingerprint density at radius 1 is 1.28 bits per heavy atom. The molecule has 0 saturated carbocycles. The van der Waals surface area contributed by atoms with Crippen molar-refractivity contribution in [1.82, 2.24) is 9.62 Å². The van der Waals surface area contributed by atoms with Crippen LogP contribution in [-0.2, 0) is 26.2 Å². The Labute approximate surface area is 169 Å². The van der Waals surface area contributed by atoms with Crippen molar-refractivity contribution in [1.29, 1.82) is 0 Å². The highest BCUT2D eigenvalue weighted by Crippen LogP contribution is 2.35. The summed E-state index contributed by atoms with van der Waals surface area (Å²) in [5.41, 5.74) is 0.124. The highest BCUT2D eigenvalue weighted by Gasteiger charge is 2.37. The van der Waals surface area contributed by atoms with Crippen molar-refractivity contribution >= 4 is 21.8 Å². The maximum absolute atomic E-state index is 14.7. The Kier molecular flexibility index (Phi) is 5.67. The molecule has 1 amide bonds. The Balaban J connectivity index is 1.45. The molecule has 0 aromatic heterocycles. The van der Waals surface area contributed by atoms with Crippen molar-refractivity contribution in [3.05, 3.63) is 23.5 Å². The van der Waals surface area contributed by atoms with E-state index in [4.69, 9.17) is 4.74 Å². The molecular weight excluding hydrogens is 401 g/mol. The van der Waals surface area contributed by atoms with E-state index in [0.29, 0.717) is 28.3 Å². The largest absolute Gasteiger partial charge is 0.506 e. The highest BCUT2D eigenvalue weighted by atomic mass is 32.2. The maximum Gasteiger partial charge on any atom is 0.326 e. The monoisotopic (exact) mass is 427 g/mol. The molecule has 2 atom stereocenters. The summed E-state index contributed by atoms with van der Waals surface area (Å²) in [6.07, 6.45) is 5.18. The molecule has 3 heterocycles. The average molecular weight is 427 g/mol. The van der Waals surface area contributed by atoms with E-state index in [1.54, 1.807) is 4.72 Å². The van der Waals surface area contributed by atoms with Crippen LogP contribution in [-0.4, -0.2) is 63.2 Å². The van der Waals surface area contributed by atoms with Gasteiger partial charge in [-0.1, -0.05) is 0 Å². The Hall–Kier alpha value is -1.91. The fourth-order valence-corrected chi connectivity index (χ4v) is 5.71. The first-order valence-electron chi connectivity index (χ1n) is 10.0. The molecular formula is C19H26FN3O5S. The summed E-state index contributed by atoms with van der Waals surface area (Å²) in [5.74, 6) is -1.77. The molecule has 3 fully saturated rings. The van der Waals surface area contributed by atoms with E-state index < -0.39 is 39.9 Å². The lowest BCUT2D eigenvalue weighted by atomic mass is 9.90. The molecule has 0 bridgehead atoms. The number of carbonyl (C=O) groups excluding carboxylic acids is 1. The quantitative estimate of drug-likeness (QED) is 0.731. The number of phenolic OH excluding ortho intramolecular Hbond substituents is 1. The normalized spacial score (nSPS) is 27.3. The molecule has 0 radical (unpaired) electrons. The number of amides is 1. The van der Waals surface area contributed by atoms with E-state index >= 15 is 0 Å². The lowest BCUT2D eigenvalue weighted by Crippen LogP contribution is -2.40. The second kappa shape index (κ2) is 8.08. The molecule has 10 heteroatoms. The number of hydrogen-bond donors (Lipinski definition) is 2. The summed E-state index contributed by atoms with van der Waals surface area (Å²) in [6, 6.07) is 2.65. The zero-order valence-electron chi connectivity index (χ0n) is 16.1. The molecule has 3 aliphatic rings. The molecule has 3 aliphatic heterocycles. The van der Waals surface area contributed by atoms with Gasteiger partial charge in [-0.05, 0) is 62.3 Å². The van der Waals surface area contributed by atoms with Gasteiger partial charge in [0.15, 0.2) is 5.82 Å². The standard InChI is InChI=1S/C19H26FN3O5S/c20-16-8-14(9-17(24)19(16)23-12-18(25)21-29(23,26)27)7-13-3-1-5-22(10-13)11-15-4-2-6-28-15/h8-9,13,15,24H,1-7,10-12H2,(H,21,25). The van der Waals surface area contributed by atoms with Gasteiger partial charge in [0.1, 0.15) is 18.0 Å². The number of phenols is 1. The van der Waals surface area contributed by atoms with E-state index in [0.717, 1.165) is 51.9 Å². The van der Waals surface area contributed by atoms with Crippen LogP contribution in [0.1, 0.15) is 31.2 Å². The van der Waals surface area contributed by atoms with Gasteiger partial charge < -0.3 is 14.7 Å². The first kappa shape index (κ1) is 20.4. The summed E-state index contributed by atoms with van der Waals surface area (Å²) in [5, 5.41) is 10.3. The second-order valence-electron chi connectivity index (χ2n) is 8.09. The van der Waals surface area contributed by atoms with E-state index in [1.807, 2.05) is 0 Å². The first-order chi connectivity index (χ1) is 13.8. The molecule has 8 nitrogen and oxygen atoms in total. The van der Waals surface area contributed by atoms with Gasteiger partial charge in [-0.2, -0.15) is 8.42 Å². The number of carbonyl (C=O) groups is 1. The number of hydrogen-bond acceptors (Lipinski definition) is 6. The van der Waals surface area contributed by atoms with Crippen molar-refractivity contribution in [2.75, 3.05) is 37.1 Å². The third-order valence-electron chi connectivity index (χ3n) is 5.79. The summed E-state index contributed by atoms with van der Waals surface area (Å²) >= 11 is 0. The van der Waals surface area contributed by atoms with Crippen LogP contribution in [0.5, 0.6) is 5.75 Å².